The van der Waals surface area contributed by atoms with Gasteiger partial charge in [-0.3, -0.25) is 4.79 Å². The molecule has 0 fully saturated rings. The van der Waals surface area contributed by atoms with Crippen LogP contribution in [0.1, 0.15) is 40.3 Å². The minimum atomic E-state index is -5.05. The standard InChI is InChI=1S/C19H17F3N2O4/c20-19(21,22)18(26)8-9-23-24(18)17(25)16-7-6-15(28-16)11-27-14-5-4-12-2-1-3-13(12)10-14/h4-7,9-10,26H,1-3,8,11H2. The van der Waals surface area contributed by atoms with Gasteiger partial charge < -0.3 is 14.3 Å². The smallest absolute Gasteiger partial charge is 0.438 e. The zero-order valence-corrected chi connectivity index (χ0v) is 14.7. The lowest BCUT2D eigenvalue weighted by molar-refractivity contribution is -0.297. The van der Waals surface area contributed by atoms with Gasteiger partial charge in [-0.05, 0) is 54.7 Å². The quantitative estimate of drug-likeness (QED) is 0.862. The first kappa shape index (κ1) is 18.5. The highest BCUT2D eigenvalue weighted by atomic mass is 19.4. The minimum absolute atomic E-state index is 0.00301. The summed E-state index contributed by atoms with van der Waals surface area (Å²) in [6.45, 7) is 0.0128. The summed E-state index contributed by atoms with van der Waals surface area (Å²) in [6, 6.07) is 8.49. The van der Waals surface area contributed by atoms with Crippen LogP contribution in [0.3, 0.4) is 0 Å². The maximum atomic E-state index is 13.1. The number of benzene rings is 1. The van der Waals surface area contributed by atoms with E-state index >= 15 is 0 Å². The van der Waals surface area contributed by atoms with Gasteiger partial charge in [0.05, 0.1) is 0 Å². The molecule has 2 heterocycles. The molecule has 4 rings (SSSR count). The molecule has 28 heavy (non-hydrogen) atoms. The largest absolute Gasteiger partial charge is 0.486 e. The first-order valence-corrected chi connectivity index (χ1v) is 8.77. The number of furan rings is 1. The molecule has 1 amide bonds. The van der Waals surface area contributed by atoms with Crippen LogP contribution in [0.5, 0.6) is 5.75 Å². The van der Waals surface area contributed by atoms with Gasteiger partial charge in [0.1, 0.15) is 18.1 Å². The normalized spacial score (nSPS) is 21.2. The number of carbonyl (C=O) groups excluding carboxylic acids is 1. The number of rotatable bonds is 4. The molecule has 1 unspecified atom stereocenters. The fourth-order valence-corrected chi connectivity index (χ4v) is 3.36. The molecule has 1 aromatic heterocycles. The van der Waals surface area contributed by atoms with E-state index in [0.29, 0.717) is 5.75 Å². The molecule has 6 nitrogen and oxygen atoms in total. The maximum absolute atomic E-state index is 13.1. The Kier molecular flexibility index (Phi) is 4.41. The van der Waals surface area contributed by atoms with Crippen molar-refractivity contribution in [2.24, 2.45) is 5.10 Å². The van der Waals surface area contributed by atoms with E-state index in [0.717, 1.165) is 25.5 Å². The molecule has 1 N–H and O–H groups in total. The van der Waals surface area contributed by atoms with Crippen LogP contribution >= 0.6 is 0 Å². The Morgan fingerprint density at radius 3 is 2.82 bits per heavy atom. The van der Waals surface area contributed by atoms with E-state index in [9.17, 15) is 23.1 Å². The molecule has 0 saturated heterocycles. The summed E-state index contributed by atoms with van der Waals surface area (Å²) < 4.78 is 50.3. The van der Waals surface area contributed by atoms with E-state index in [2.05, 4.69) is 5.10 Å². The molecule has 0 radical (unpaired) electrons. The van der Waals surface area contributed by atoms with Gasteiger partial charge in [-0.25, -0.2) is 0 Å². The number of nitrogens with zero attached hydrogens (tertiary/aromatic N) is 2. The second-order valence-electron chi connectivity index (χ2n) is 6.77. The van der Waals surface area contributed by atoms with Crippen LogP contribution in [0.25, 0.3) is 0 Å². The third-order valence-electron chi connectivity index (χ3n) is 4.89. The lowest BCUT2D eigenvalue weighted by Gasteiger charge is -2.31. The third-order valence-corrected chi connectivity index (χ3v) is 4.89. The summed E-state index contributed by atoms with van der Waals surface area (Å²) in [5.41, 5.74) is -0.828. The molecule has 9 heteroatoms. The Labute approximate surface area is 158 Å². The Hall–Kier alpha value is -2.81. The van der Waals surface area contributed by atoms with E-state index in [4.69, 9.17) is 9.15 Å². The van der Waals surface area contributed by atoms with Gasteiger partial charge in [0.2, 0.25) is 0 Å². The Bertz CT molecular complexity index is 938. The number of halogens is 3. The second kappa shape index (κ2) is 6.66. The zero-order valence-electron chi connectivity index (χ0n) is 14.7. The van der Waals surface area contributed by atoms with E-state index in [1.807, 2.05) is 18.2 Å². The minimum Gasteiger partial charge on any atom is -0.486 e. The lowest BCUT2D eigenvalue weighted by atomic mass is 10.1. The van der Waals surface area contributed by atoms with Crippen molar-refractivity contribution in [3.8, 4) is 5.75 Å². The van der Waals surface area contributed by atoms with E-state index in [1.54, 1.807) is 0 Å². The molecule has 0 saturated carbocycles. The number of amides is 1. The predicted molar refractivity (Wildman–Crippen MR) is 91.8 cm³/mol. The summed E-state index contributed by atoms with van der Waals surface area (Å²) in [6.07, 6.45) is -1.87. The fourth-order valence-electron chi connectivity index (χ4n) is 3.36. The van der Waals surface area contributed by atoms with Crippen molar-refractivity contribution in [3.63, 3.8) is 0 Å². The van der Waals surface area contributed by atoms with Crippen LogP contribution in [0.2, 0.25) is 0 Å². The second-order valence-corrected chi connectivity index (χ2v) is 6.77. The van der Waals surface area contributed by atoms with E-state index in [1.165, 1.54) is 23.3 Å². The number of aliphatic hydroxyl groups is 1. The molecule has 0 bridgehead atoms. The summed E-state index contributed by atoms with van der Waals surface area (Å²) in [5.74, 6) is -0.630. The molecular formula is C19H17F3N2O4. The van der Waals surface area contributed by atoms with Crippen LogP contribution in [0.15, 0.2) is 39.9 Å². The highest BCUT2D eigenvalue weighted by molar-refractivity contribution is 5.93. The highest BCUT2D eigenvalue weighted by Gasteiger charge is 2.61. The van der Waals surface area contributed by atoms with Gasteiger partial charge in [0.25, 0.3) is 5.72 Å². The predicted octanol–water partition coefficient (Wildman–Crippen LogP) is 3.43. The zero-order chi connectivity index (χ0) is 19.9. The van der Waals surface area contributed by atoms with Crippen LogP contribution in [0.4, 0.5) is 13.2 Å². The number of fused-ring (bicyclic) bond motifs is 1. The number of hydrazone groups is 1. The molecule has 148 valence electrons. The number of carbonyl (C=O) groups is 1. The van der Waals surface area contributed by atoms with Crippen molar-refractivity contribution < 1.29 is 32.2 Å². The fraction of sp³-hybridized carbons (Fsp3) is 0.368. The Morgan fingerprint density at radius 1 is 1.25 bits per heavy atom. The molecule has 2 aliphatic rings. The Balaban J connectivity index is 1.44. The number of ether oxygens (including phenoxy) is 1. The van der Waals surface area contributed by atoms with E-state index < -0.39 is 24.2 Å². The topological polar surface area (TPSA) is 75.3 Å². The maximum Gasteiger partial charge on any atom is 0.438 e. The van der Waals surface area contributed by atoms with Crippen molar-refractivity contribution in [3.05, 3.63) is 53.0 Å². The summed E-state index contributed by atoms with van der Waals surface area (Å²) >= 11 is 0. The van der Waals surface area contributed by atoms with Crippen LogP contribution in [-0.2, 0) is 19.4 Å². The van der Waals surface area contributed by atoms with Crippen molar-refractivity contribution in [2.75, 3.05) is 0 Å². The monoisotopic (exact) mass is 394 g/mol. The highest BCUT2D eigenvalue weighted by Crippen LogP contribution is 2.39. The van der Waals surface area contributed by atoms with Crippen molar-refractivity contribution >= 4 is 12.1 Å². The van der Waals surface area contributed by atoms with Crippen LogP contribution < -0.4 is 4.74 Å². The molecule has 0 spiro atoms. The SMILES string of the molecule is O=C(c1ccc(COc2ccc3c(c2)CCC3)o1)N1N=CCC1(O)C(F)(F)F. The number of alkyl halides is 3. The van der Waals surface area contributed by atoms with Crippen molar-refractivity contribution in [1.29, 1.82) is 0 Å². The molecule has 1 aliphatic carbocycles. The molecule has 1 atom stereocenters. The van der Waals surface area contributed by atoms with Crippen molar-refractivity contribution in [2.45, 2.75) is 44.2 Å². The number of aryl methyl sites for hydroxylation is 2. The van der Waals surface area contributed by atoms with Gasteiger partial charge in [0, 0.05) is 12.6 Å². The van der Waals surface area contributed by atoms with E-state index in [-0.39, 0.29) is 23.1 Å². The third kappa shape index (κ3) is 3.15. The number of hydrogen-bond donors (Lipinski definition) is 1. The molecule has 2 aromatic rings. The first-order valence-electron chi connectivity index (χ1n) is 8.77. The van der Waals surface area contributed by atoms with Crippen molar-refractivity contribution in [1.82, 2.24) is 5.01 Å². The molecule has 1 aliphatic heterocycles. The van der Waals surface area contributed by atoms with Gasteiger partial charge >= 0.3 is 12.1 Å². The molecular weight excluding hydrogens is 377 g/mol. The van der Waals surface area contributed by atoms with Gasteiger partial charge in [-0.15, -0.1) is 0 Å². The first-order chi connectivity index (χ1) is 13.3. The molecule has 1 aromatic carbocycles. The lowest BCUT2D eigenvalue weighted by Crippen LogP contribution is -2.56. The summed E-state index contributed by atoms with van der Waals surface area (Å²) in [4.78, 5) is 12.3. The summed E-state index contributed by atoms with van der Waals surface area (Å²) in [7, 11) is 0. The van der Waals surface area contributed by atoms with Gasteiger partial charge in [-0.1, -0.05) is 6.07 Å². The Morgan fingerprint density at radius 2 is 2.04 bits per heavy atom. The summed E-state index contributed by atoms with van der Waals surface area (Å²) in [5, 5.41) is 13.2. The number of hydrogen-bond acceptors (Lipinski definition) is 5. The average Bonchev–Trinajstić information content (AvgIpc) is 3.38. The van der Waals surface area contributed by atoms with Gasteiger partial charge in [0.15, 0.2) is 5.76 Å². The van der Waals surface area contributed by atoms with Crippen LogP contribution in [-0.4, -0.2) is 34.1 Å². The average molecular weight is 394 g/mol. The van der Waals surface area contributed by atoms with Crippen LogP contribution in [0, 0.1) is 0 Å². The van der Waals surface area contributed by atoms with Gasteiger partial charge in [-0.2, -0.15) is 23.3 Å².